The van der Waals surface area contributed by atoms with Gasteiger partial charge in [0.15, 0.2) is 0 Å². The summed E-state index contributed by atoms with van der Waals surface area (Å²) in [5.41, 5.74) is 0. The number of thiocarbonyl (C=S) groups is 2. The molecule has 26 heavy (non-hydrogen) atoms. The van der Waals surface area contributed by atoms with Crippen LogP contribution >= 0.6 is 67.6 Å². The van der Waals surface area contributed by atoms with Crippen LogP contribution < -0.4 is 0 Å². The first-order valence-electron chi connectivity index (χ1n) is 8.25. The van der Waals surface area contributed by atoms with Gasteiger partial charge in [-0.05, 0) is 45.9 Å². The predicted molar refractivity (Wildman–Crippen MR) is 123 cm³/mol. The summed E-state index contributed by atoms with van der Waals surface area (Å²) >= 11 is 11.0. The number of hydrogen-bond donors (Lipinski definition) is 0. The fourth-order valence-corrected chi connectivity index (χ4v) is 7.00. The van der Waals surface area contributed by atoms with Crippen molar-refractivity contribution in [1.82, 2.24) is 9.80 Å². The predicted octanol–water partition coefficient (Wildman–Crippen LogP) is 4.40. The Morgan fingerprint density at radius 3 is 1.38 bits per heavy atom. The number of hydrogen-bond acceptors (Lipinski definition) is 8. The third-order valence-corrected chi connectivity index (χ3v) is 9.93. The van der Waals surface area contributed by atoms with Gasteiger partial charge in [0.1, 0.15) is 8.64 Å². The summed E-state index contributed by atoms with van der Waals surface area (Å²) in [5.74, 6) is 0. The normalized spacial score (nSPS) is 18.0. The molecule has 0 bridgehead atoms. The van der Waals surface area contributed by atoms with Gasteiger partial charge in [0.2, 0.25) is 0 Å². The first-order valence-corrected chi connectivity index (χ1v) is 13.4. The minimum atomic E-state index is 0.765. The third-order valence-electron chi connectivity index (χ3n) is 3.78. The Labute approximate surface area is 181 Å². The van der Waals surface area contributed by atoms with Crippen molar-refractivity contribution in [2.75, 3.05) is 52.6 Å². The molecule has 142 valence electrons. The Morgan fingerprint density at radius 1 is 0.692 bits per heavy atom. The summed E-state index contributed by atoms with van der Waals surface area (Å²) in [6.07, 6.45) is 0. The molecule has 0 N–H and O–H groups in total. The molecule has 4 nitrogen and oxygen atoms in total. The maximum absolute atomic E-state index is 5.51. The first-order chi connectivity index (χ1) is 12.7. The second-order valence-corrected chi connectivity index (χ2v) is 11.2. The van der Waals surface area contributed by atoms with E-state index in [1.165, 1.54) is 9.79 Å². The number of nitrogens with zero attached hydrogens (tertiary/aromatic N) is 2. The van der Waals surface area contributed by atoms with Crippen molar-refractivity contribution >= 4 is 76.3 Å². The Morgan fingerprint density at radius 2 is 1.04 bits per heavy atom. The van der Waals surface area contributed by atoms with E-state index in [-0.39, 0.29) is 0 Å². The van der Waals surface area contributed by atoms with Gasteiger partial charge in [0, 0.05) is 36.0 Å². The molecule has 0 spiro atoms. The van der Waals surface area contributed by atoms with Gasteiger partial charge in [-0.2, -0.15) is 0 Å². The minimum Gasteiger partial charge on any atom is -0.378 e. The molecule has 2 aliphatic heterocycles. The maximum Gasteiger partial charge on any atom is 0.147 e. The third kappa shape index (κ3) is 6.73. The molecule has 3 rings (SSSR count). The average Bonchev–Trinajstić information content (AvgIpc) is 2.72. The van der Waals surface area contributed by atoms with Crippen LogP contribution in [0.1, 0.15) is 0 Å². The van der Waals surface area contributed by atoms with Gasteiger partial charge >= 0.3 is 0 Å². The van der Waals surface area contributed by atoms with Gasteiger partial charge in [-0.3, -0.25) is 0 Å². The molecule has 0 aliphatic carbocycles. The zero-order valence-electron chi connectivity index (χ0n) is 14.1. The summed E-state index contributed by atoms with van der Waals surface area (Å²) in [6, 6.07) is 8.56. The van der Waals surface area contributed by atoms with Crippen molar-refractivity contribution in [2.24, 2.45) is 0 Å². The smallest absolute Gasteiger partial charge is 0.147 e. The van der Waals surface area contributed by atoms with E-state index in [1.54, 1.807) is 43.2 Å². The van der Waals surface area contributed by atoms with Crippen LogP contribution in [-0.2, 0) is 9.47 Å². The monoisotopic (exact) mass is 464 g/mol. The summed E-state index contributed by atoms with van der Waals surface area (Å²) < 4.78 is 12.6. The average molecular weight is 465 g/mol. The number of morpholine rings is 2. The van der Waals surface area contributed by atoms with Crippen LogP contribution in [0.25, 0.3) is 0 Å². The lowest BCUT2D eigenvalue weighted by Gasteiger charge is -2.28. The molecular formula is C16H20N2O2S6. The molecule has 2 aliphatic rings. The first kappa shape index (κ1) is 21.0. The van der Waals surface area contributed by atoms with Crippen molar-refractivity contribution in [3.05, 3.63) is 24.3 Å². The van der Waals surface area contributed by atoms with E-state index in [4.69, 9.17) is 33.9 Å². The molecule has 0 aromatic heterocycles. The molecule has 0 unspecified atom stereocenters. The lowest BCUT2D eigenvalue weighted by atomic mass is 10.4. The van der Waals surface area contributed by atoms with Crippen LogP contribution in [0.5, 0.6) is 0 Å². The van der Waals surface area contributed by atoms with Gasteiger partial charge in [-0.25, -0.2) is 0 Å². The standard InChI is InChI=1S/C16H20N2O2S6/c21-15(17-5-9-19-10-6-17)25-23-13-1-2-14(4-3-13)24-26-16(22)18-7-11-20-12-8-18/h1-4H,5-12H2. The minimum absolute atomic E-state index is 0.765. The molecule has 0 saturated carbocycles. The van der Waals surface area contributed by atoms with Crippen molar-refractivity contribution in [1.29, 1.82) is 0 Å². The summed E-state index contributed by atoms with van der Waals surface area (Å²) in [7, 11) is 6.71. The zero-order chi connectivity index (χ0) is 18.2. The summed E-state index contributed by atoms with van der Waals surface area (Å²) in [4.78, 5) is 6.83. The highest BCUT2D eigenvalue weighted by atomic mass is 33.1. The van der Waals surface area contributed by atoms with Crippen LogP contribution in [0.4, 0.5) is 0 Å². The molecule has 1 aromatic rings. The molecule has 2 saturated heterocycles. The highest BCUT2D eigenvalue weighted by Crippen LogP contribution is 2.37. The lowest BCUT2D eigenvalue weighted by Crippen LogP contribution is -2.38. The molecule has 2 heterocycles. The second-order valence-electron chi connectivity index (χ2n) is 5.54. The highest BCUT2D eigenvalue weighted by molar-refractivity contribution is 8.84. The van der Waals surface area contributed by atoms with Crippen molar-refractivity contribution < 1.29 is 9.47 Å². The molecule has 0 radical (unpaired) electrons. The van der Waals surface area contributed by atoms with Crippen LogP contribution in [0.3, 0.4) is 0 Å². The summed E-state index contributed by atoms with van der Waals surface area (Å²) in [6.45, 7) is 6.63. The number of ether oxygens (including phenoxy) is 2. The van der Waals surface area contributed by atoms with Crippen molar-refractivity contribution in [3.8, 4) is 0 Å². The highest BCUT2D eigenvalue weighted by Gasteiger charge is 2.15. The molecule has 0 atom stereocenters. The quantitative estimate of drug-likeness (QED) is 0.471. The second kappa shape index (κ2) is 11.4. The lowest BCUT2D eigenvalue weighted by molar-refractivity contribution is 0.0702. The van der Waals surface area contributed by atoms with Gasteiger partial charge < -0.3 is 19.3 Å². The van der Waals surface area contributed by atoms with E-state index < -0.39 is 0 Å². The number of rotatable bonds is 4. The SMILES string of the molecule is S=C(SSc1ccc(SSC(=S)N2CCOCC2)cc1)N1CCOCC1. The van der Waals surface area contributed by atoms with E-state index in [9.17, 15) is 0 Å². The van der Waals surface area contributed by atoms with Crippen LogP contribution in [0.15, 0.2) is 34.1 Å². The topological polar surface area (TPSA) is 24.9 Å². The zero-order valence-corrected chi connectivity index (χ0v) is 19.0. The summed E-state index contributed by atoms with van der Waals surface area (Å²) in [5, 5.41) is 0. The van der Waals surface area contributed by atoms with Crippen LogP contribution in [0.2, 0.25) is 0 Å². The fourth-order valence-electron chi connectivity index (χ4n) is 2.32. The molecular weight excluding hydrogens is 445 g/mol. The number of benzene rings is 1. The van der Waals surface area contributed by atoms with Crippen molar-refractivity contribution in [2.45, 2.75) is 9.79 Å². The van der Waals surface area contributed by atoms with Gasteiger partial charge in [-0.1, -0.05) is 46.0 Å². The van der Waals surface area contributed by atoms with E-state index in [0.29, 0.717) is 0 Å². The van der Waals surface area contributed by atoms with Gasteiger partial charge in [-0.15, -0.1) is 0 Å². The van der Waals surface area contributed by atoms with E-state index in [2.05, 4.69) is 34.1 Å². The van der Waals surface area contributed by atoms with E-state index in [0.717, 1.165) is 61.2 Å². The Balaban J connectivity index is 1.40. The Bertz CT molecular complexity index is 550. The van der Waals surface area contributed by atoms with Crippen LogP contribution in [-0.4, -0.2) is 71.0 Å². The Kier molecular flexibility index (Phi) is 9.19. The Hall–Kier alpha value is 0.320. The van der Waals surface area contributed by atoms with E-state index >= 15 is 0 Å². The van der Waals surface area contributed by atoms with E-state index in [1.807, 2.05) is 0 Å². The molecule has 1 aromatic carbocycles. The molecule has 0 amide bonds. The largest absolute Gasteiger partial charge is 0.378 e. The fraction of sp³-hybridized carbons (Fsp3) is 0.500. The van der Waals surface area contributed by atoms with Gasteiger partial charge in [0.05, 0.1) is 26.4 Å². The molecule has 2 fully saturated rings. The maximum atomic E-state index is 5.51. The van der Waals surface area contributed by atoms with Gasteiger partial charge in [0.25, 0.3) is 0 Å². The van der Waals surface area contributed by atoms with Crippen LogP contribution in [0, 0.1) is 0 Å². The van der Waals surface area contributed by atoms with Crippen molar-refractivity contribution in [3.63, 3.8) is 0 Å². The molecule has 10 heteroatoms.